The monoisotopic (exact) mass is 321 g/mol. The fourth-order valence-corrected chi connectivity index (χ4v) is 1.72. The first-order chi connectivity index (χ1) is 6.60. The Balaban J connectivity index is 3.36. The molecule has 1 aromatic carbocycles. The van der Waals surface area contributed by atoms with E-state index in [4.69, 9.17) is 16.9 Å². The van der Waals surface area contributed by atoms with Crippen molar-refractivity contribution in [1.29, 1.82) is 5.26 Å². The van der Waals surface area contributed by atoms with Gasteiger partial charge in [-0.3, -0.25) is 4.79 Å². The first-order valence-corrected chi connectivity index (χ1v) is 5.23. The number of nitrogens with zero attached hydrogens (tertiary/aromatic N) is 1. The van der Waals surface area contributed by atoms with Crippen LogP contribution in [0.25, 0.3) is 0 Å². The second-order valence-electron chi connectivity index (χ2n) is 2.52. The number of ketones is 1. The molecular weight excluding hydrogens is 316 g/mol. The SMILES string of the molecule is N#Cc1cc(I)c(O)c(C(=O)CCl)c1. The number of nitriles is 1. The summed E-state index contributed by atoms with van der Waals surface area (Å²) in [5, 5.41) is 18.2. The second-order valence-corrected chi connectivity index (χ2v) is 3.95. The van der Waals surface area contributed by atoms with Crippen molar-refractivity contribution >= 4 is 40.0 Å². The zero-order valence-corrected chi connectivity index (χ0v) is 9.83. The third kappa shape index (κ3) is 2.16. The van der Waals surface area contributed by atoms with Crippen LogP contribution in [0.4, 0.5) is 0 Å². The lowest BCUT2D eigenvalue weighted by Crippen LogP contribution is -2.02. The smallest absolute Gasteiger partial charge is 0.181 e. The number of benzene rings is 1. The van der Waals surface area contributed by atoms with Crippen LogP contribution in [0, 0.1) is 14.9 Å². The van der Waals surface area contributed by atoms with E-state index < -0.39 is 0 Å². The molecule has 0 bridgehead atoms. The average Bonchev–Trinajstić information content (AvgIpc) is 2.20. The molecule has 1 N–H and O–H groups in total. The van der Waals surface area contributed by atoms with Gasteiger partial charge in [0.1, 0.15) is 5.75 Å². The summed E-state index contributed by atoms with van der Waals surface area (Å²) in [4.78, 5) is 11.2. The second kappa shape index (κ2) is 4.62. The third-order valence-electron chi connectivity index (χ3n) is 1.61. The van der Waals surface area contributed by atoms with Crippen LogP contribution in [0.2, 0.25) is 0 Å². The van der Waals surface area contributed by atoms with Gasteiger partial charge in [-0.05, 0) is 34.7 Å². The number of Topliss-reactive ketones (excluding diaryl/α,β-unsaturated/α-hetero) is 1. The summed E-state index contributed by atoms with van der Waals surface area (Å²) in [7, 11) is 0. The number of halogens is 2. The van der Waals surface area contributed by atoms with Crippen LogP contribution in [0.1, 0.15) is 15.9 Å². The topological polar surface area (TPSA) is 61.1 Å². The molecule has 0 aliphatic rings. The van der Waals surface area contributed by atoms with Gasteiger partial charge in [-0.1, -0.05) is 0 Å². The van der Waals surface area contributed by atoms with E-state index in [0.29, 0.717) is 9.13 Å². The maximum Gasteiger partial charge on any atom is 0.181 e. The largest absolute Gasteiger partial charge is 0.506 e. The molecular formula is C9H5ClINO2. The van der Waals surface area contributed by atoms with Crippen LogP contribution in [0.15, 0.2) is 12.1 Å². The highest BCUT2D eigenvalue weighted by Gasteiger charge is 2.14. The van der Waals surface area contributed by atoms with Gasteiger partial charge in [0, 0.05) is 0 Å². The molecule has 0 radical (unpaired) electrons. The summed E-state index contributed by atoms with van der Waals surface area (Å²) in [5.74, 6) is -0.715. The highest BCUT2D eigenvalue weighted by Crippen LogP contribution is 2.26. The molecule has 0 fully saturated rings. The fourth-order valence-electron chi connectivity index (χ4n) is 0.948. The van der Waals surface area contributed by atoms with E-state index in [1.165, 1.54) is 12.1 Å². The molecule has 0 saturated heterocycles. The van der Waals surface area contributed by atoms with Crippen LogP contribution in [-0.4, -0.2) is 16.8 Å². The molecule has 0 amide bonds. The van der Waals surface area contributed by atoms with Gasteiger partial charge in [0.15, 0.2) is 5.78 Å². The standard InChI is InChI=1S/C9H5ClINO2/c10-3-8(13)6-1-5(4-12)2-7(11)9(6)14/h1-2,14H,3H2. The Hall–Kier alpha value is -0.800. The normalized spacial score (nSPS) is 9.50. The molecule has 0 aromatic heterocycles. The van der Waals surface area contributed by atoms with Crippen molar-refractivity contribution in [2.75, 3.05) is 5.88 Å². The Morgan fingerprint density at radius 1 is 1.64 bits per heavy atom. The van der Waals surface area contributed by atoms with Crippen molar-refractivity contribution in [1.82, 2.24) is 0 Å². The lowest BCUT2D eigenvalue weighted by atomic mass is 10.1. The molecule has 5 heteroatoms. The number of carbonyl (C=O) groups excluding carboxylic acids is 1. The van der Waals surface area contributed by atoms with E-state index >= 15 is 0 Å². The van der Waals surface area contributed by atoms with Crippen molar-refractivity contribution in [2.24, 2.45) is 0 Å². The van der Waals surface area contributed by atoms with E-state index in [0.717, 1.165) is 0 Å². The lowest BCUT2D eigenvalue weighted by Gasteiger charge is -2.04. The Bertz CT molecular complexity index is 426. The van der Waals surface area contributed by atoms with Crippen LogP contribution in [0.5, 0.6) is 5.75 Å². The molecule has 0 unspecified atom stereocenters. The summed E-state index contributed by atoms with van der Waals surface area (Å²) >= 11 is 7.21. The summed E-state index contributed by atoms with van der Waals surface area (Å²) < 4.78 is 0.468. The lowest BCUT2D eigenvalue weighted by molar-refractivity contribution is 0.101. The summed E-state index contributed by atoms with van der Waals surface area (Å²) in [6, 6.07) is 4.74. The number of rotatable bonds is 2. The Labute approximate surface area is 99.4 Å². The van der Waals surface area contributed by atoms with Gasteiger partial charge in [0.2, 0.25) is 0 Å². The molecule has 0 aliphatic carbocycles. The molecule has 3 nitrogen and oxygen atoms in total. The van der Waals surface area contributed by atoms with Crippen molar-refractivity contribution < 1.29 is 9.90 Å². The highest BCUT2D eigenvalue weighted by atomic mass is 127. The number of hydrogen-bond acceptors (Lipinski definition) is 3. The molecule has 0 spiro atoms. The fraction of sp³-hybridized carbons (Fsp3) is 0.111. The van der Waals surface area contributed by atoms with Crippen molar-refractivity contribution in [3.05, 3.63) is 26.8 Å². The zero-order valence-electron chi connectivity index (χ0n) is 6.92. The first-order valence-electron chi connectivity index (χ1n) is 3.62. The highest BCUT2D eigenvalue weighted by molar-refractivity contribution is 14.1. The van der Waals surface area contributed by atoms with Gasteiger partial charge in [-0.15, -0.1) is 11.6 Å². The zero-order chi connectivity index (χ0) is 10.7. The van der Waals surface area contributed by atoms with E-state index in [9.17, 15) is 9.90 Å². The van der Waals surface area contributed by atoms with Crippen LogP contribution >= 0.6 is 34.2 Å². The predicted molar refractivity (Wildman–Crippen MR) is 60.6 cm³/mol. The minimum absolute atomic E-state index is 0.100. The van der Waals surface area contributed by atoms with Gasteiger partial charge in [-0.2, -0.15) is 5.26 Å². The van der Waals surface area contributed by atoms with Crippen molar-refractivity contribution in [3.8, 4) is 11.8 Å². The number of carbonyl (C=O) groups is 1. The minimum Gasteiger partial charge on any atom is -0.506 e. The number of phenolic OH excluding ortho intramolecular Hbond substituents is 1. The number of phenols is 1. The number of aromatic hydroxyl groups is 1. The Morgan fingerprint density at radius 2 is 2.29 bits per heavy atom. The van der Waals surface area contributed by atoms with Gasteiger partial charge in [0.05, 0.1) is 26.6 Å². The van der Waals surface area contributed by atoms with Crippen molar-refractivity contribution in [2.45, 2.75) is 0 Å². The van der Waals surface area contributed by atoms with Crippen molar-refractivity contribution in [3.63, 3.8) is 0 Å². The molecule has 0 saturated carbocycles. The molecule has 72 valence electrons. The number of alkyl halides is 1. The first kappa shape index (κ1) is 11.3. The maximum absolute atomic E-state index is 11.2. The van der Waals surface area contributed by atoms with Crippen LogP contribution < -0.4 is 0 Å². The maximum atomic E-state index is 11.2. The van der Waals surface area contributed by atoms with Crippen LogP contribution in [0.3, 0.4) is 0 Å². The minimum atomic E-state index is -0.390. The molecule has 0 atom stereocenters. The Morgan fingerprint density at radius 3 is 2.79 bits per heavy atom. The molecule has 0 heterocycles. The van der Waals surface area contributed by atoms with Gasteiger partial charge in [-0.25, -0.2) is 0 Å². The summed E-state index contributed by atoms with van der Waals surface area (Å²) in [5.41, 5.74) is 0.434. The predicted octanol–water partition coefficient (Wildman–Crippen LogP) is 2.29. The van der Waals surface area contributed by atoms with E-state index in [2.05, 4.69) is 0 Å². The molecule has 1 rings (SSSR count). The average molecular weight is 322 g/mol. The van der Waals surface area contributed by atoms with Gasteiger partial charge < -0.3 is 5.11 Å². The quantitative estimate of drug-likeness (QED) is 0.516. The Kier molecular flexibility index (Phi) is 3.72. The number of hydrogen-bond donors (Lipinski definition) is 1. The van der Waals surface area contributed by atoms with Gasteiger partial charge in [0.25, 0.3) is 0 Å². The third-order valence-corrected chi connectivity index (χ3v) is 2.68. The van der Waals surface area contributed by atoms with E-state index in [1.807, 2.05) is 28.7 Å². The summed E-state index contributed by atoms with van der Waals surface area (Å²) in [6.07, 6.45) is 0. The van der Waals surface area contributed by atoms with E-state index in [-0.39, 0.29) is 23.0 Å². The van der Waals surface area contributed by atoms with Crippen LogP contribution in [-0.2, 0) is 0 Å². The molecule has 14 heavy (non-hydrogen) atoms. The van der Waals surface area contributed by atoms with E-state index in [1.54, 1.807) is 0 Å². The van der Waals surface area contributed by atoms with Gasteiger partial charge >= 0.3 is 0 Å². The summed E-state index contributed by atoms with van der Waals surface area (Å²) in [6.45, 7) is 0. The molecule has 0 aliphatic heterocycles. The molecule has 1 aromatic rings.